The van der Waals surface area contributed by atoms with Gasteiger partial charge in [-0.05, 0) is 54.8 Å². The van der Waals surface area contributed by atoms with E-state index in [0.717, 1.165) is 21.8 Å². The van der Waals surface area contributed by atoms with Crippen molar-refractivity contribution in [2.45, 2.75) is 30.0 Å². The molecular formula is C28H21FN4O5S2. The molecule has 1 aliphatic heterocycles. The minimum Gasteiger partial charge on any atom is -0.507 e. The fraction of sp³-hybridized carbons (Fsp3) is 0.143. The van der Waals surface area contributed by atoms with Crippen LogP contribution < -0.4 is 4.90 Å². The molecule has 0 saturated carbocycles. The van der Waals surface area contributed by atoms with Crippen LogP contribution in [0.3, 0.4) is 0 Å². The largest absolute Gasteiger partial charge is 0.507 e. The van der Waals surface area contributed by atoms with E-state index < -0.39 is 22.7 Å². The Morgan fingerprint density at radius 1 is 1.10 bits per heavy atom. The molecule has 9 nitrogen and oxygen atoms in total. The van der Waals surface area contributed by atoms with E-state index in [4.69, 9.17) is 0 Å². The molecule has 1 N–H and O–H groups in total. The van der Waals surface area contributed by atoms with E-state index >= 15 is 0 Å². The molecular weight excluding hydrogens is 555 g/mol. The van der Waals surface area contributed by atoms with Gasteiger partial charge in [0.05, 0.1) is 16.5 Å². The first-order chi connectivity index (χ1) is 19.2. The van der Waals surface area contributed by atoms with Crippen LogP contribution >= 0.6 is 23.1 Å². The van der Waals surface area contributed by atoms with Crippen molar-refractivity contribution in [3.05, 3.63) is 116 Å². The maximum Gasteiger partial charge on any atom is 0.301 e. The van der Waals surface area contributed by atoms with Gasteiger partial charge in [-0.2, -0.15) is 0 Å². The average Bonchev–Trinajstić information content (AvgIpc) is 3.51. The fourth-order valence-electron chi connectivity index (χ4n) is 4.37. The topological polar surface area (TPSA) is 127 Å². The Morgan fingerprint density at radius 2 is 1.82 bits per heavy atom. The summed E-state index contributed by atoms with van der Waals surface area (Å²) in [6.07, 6.45) is 0. The molecule has 202 valence electrons. The van der Waals surface area contributed by atoms with Crippen molar-refractivity contribution in [2.75, 3.05) is 4.90 Å². The minimum absolute atomic E-state index is 0.0986. The van der Waals surface area contributed by atoms with Crippen molar-refractivity contribution in [3.8, 4) is 0 Å². The van der Waals surface area contributed by atoms with E-state index in [1.54, 1.807) is 37.3 Å². The van der Waals surface area contributed by atoms with E-state index in [1.807, 2.05) is 13.0 Å². The molecule has 12 heteroatoms. The number of aliphatic hydroxyl groups is 1. The zero-order chi connectivity index (χ0) is 28.6. The summed E-state index contributed by atoms with van der Waals surface area (Å²) in [4.78, 5) is 38.6. The number of nitrogens with zero attached hydrogens (tertiary/aromatic N) is 4. The molecule has 2 heterocycles. The highest BCUT2D eigenvalue weighted by molar-refractivity contribution is 8.00. The number of aromatic nitrogens is 2. The molecule has 1 fully saturated rings. The van der Waals surface area contributed by atoms with Crippen molar-refractivity contribution in [3.63, 3.8) is 0 Å². The second kappa shape index (κ2) is 11.0. The Kier molecular flexibility index (Phi) is 7.46. The van der Waals surface area contributed by atoms with Crippen LogP contribution in [0, 0.1) is 29.8 Å². The number of non-ortho nitro benzene ring substituents is 1. The van der Waals surface area contributed by atoms with Crippen LogP contribution in [0.2, 0.25) is 0 Å². The number of carbonyl (C=O) groups excluding carboxylic acids is 2. The van der Waals surface area contributed by atoms with Gasteiger partial charge in [-0.25, -0.2) is 4.39 Å². The number of nitro benzene ring substituents is 1. The number of rotatable bonds is 7. The summed E-state index contributed by atoms with van der Waals surface area (Å²) < 4.78 is 14.5. The SMILES string of the molecule is Cc1ccc(C)c(/C(O)=C2\C(=O)C(=O)N(c3nnc(SCc4ccccc4F)s3)C2c2ccc([N+](=O)[O-])cc2)c1. The Bertz CT molecular complexity index is 1690. The minimum atomic E-state index is -1.11. The zero-order valence-corrected chi connectivity index (χ0v) is 22.8. The van der Waals surface area contributed by atoms with Crippen LogP contribution in [0.5, 0.6) is 0 Å². The van der Waals surface area contributed by atoms with Crippen molar-refractivity contribution in [2.24, 2.45) is 0 Å². The molecule has 0 radical (unpaired) electrons. The average molecular weight is 577 g/mol. The lowest BCUT2D eigenvalue weighted by atomic mass is 9.93. The summed E-state index contributed by atoms with van der Waals surface area (Å²) in [7, 11) is 0. The molecule has 3 aromatic carbocycles. The lowest BCUT2D eigenvalue weighted by molar-refractivity contribution is -0.384. The van der Waals surface area contributed by atoms with Crippen molar-refractivity contribution < 1.29 is 24.0 Å². The third-order valence-electron chi connectivity index (χ3n) is 6.42. The van der Waals surface area contributed by atoms with Gasteiger partial charge in [-0.3, -0.25) is 24.6 Å². The third-order valence-corrected chi connectivity index (χ3v) is 8.53. The lowest BCUT2D eigenvalue weighted by Crippen LogP contribution is -2.29. The van der Waals surface area contributed by atoms with Crippen molar-refractivity contribution >= 4 is 51.4 Å². The fourth-order valence-corrected chi connectivity index (χ4v) is 6.23. The molecule has 0 aliphatic carbocycles. The number of halogens is 1. The molecule has 5 rings (SSSR count). The maximum absolute atomic E-state index is 14.1. The van der Waals surface area contributed by atoms with Gasteiger partial charge in [0.1, 0.15) is 11.6 Å². The Labute approximate surface area is 236 Å². The molecule has 1 aliphatic rings. The van der Waals surface area contributed by atoms with E-state index in [0.29, 0.717) is 26.6 Å². The lowest BCUT2D eigenvalue weighted by Gasteiger charge is -2.22. The number of aryl methyl sites for hydroxylation is 2. The van der Waals surface area contributed by atoms with Gasteiger partial charge in [-0.1, -0.05) is 59.0 Å². The highest BCUT2D eigenvalue weighted by atomic mass is 32.2. The van der Waals surface area contributed by atoms with Crippen LogP contribution in [0.15, 0.2) is 76.6 Å². The van der Waals surface area contributed by atoms with Crippen LogP contribution in [-0.2, 0) is 15.3 Å². The first kappa shape index (κ1) is 27.2. The van der Waals surface area contributed by atoms with E-state index in [-0.39, 0.29) is 33.7 Å². The van der Waals surface area contributed by atoms with Crippen LogP contribution in [-0.4, -0.2) is 31.9 Å². The number of hydrogen-bond donors (Lipinski definition) is 1. The standard InChI is InChI=1S/C28H21FN4O5S2/c1-15-7-8-16(2)20(13-15)24(34)22-23(17-9-11-19(12-10-17)33(37)38)32(26(36)25(22)35)27-30-31-28(40-27)39-14-18-5-3-4-6-21(18)29/h3-13,23,34H,14H2,1-2H3/b24-22+. The summed E-state index contributed by atoms with van der Waals surface area (Å²) in [6, 6.07) is 16.0. The molecule has 1 saturated heterocycles. The molecule has 40 heavy (non-hydrogen) atoms. The van der Waals surface area contributed by atoms with E-state index in [1.165, 1.54) is 42.1 Å². The molecule has 4 aromatic rings. The molecule has 1 atom stereocenters. The van der Waals surface area contributed by atoms with Crippen LogP contribution in [0.1, 0.15) is 33.9 Å². The summed E-state index contributed by atoms with van der Waals surface area (Å²) >= 11 is 2.27. The van der Waals surface area contributed by atoms with Gasteiger partial charge in [0, 0.05) is 23.4 Å². The number of anilines is 1. The summed E-state index contributed by atoms with van der Waals surface area (Å²) in [5.41, 5.74) is 2.44. The van der Waals surface area contributed by atoms with Gasteiger partial charge >= 0.3 is 5.91 Å². The number of thioether (sulfide) groups is 1. The first-order valence-electron chi connectivity index (χ1n) is 12.0. The van der Waals surface area contributed by atoms with Gasteiger partial charge in [0.25, 0.3) is 11.5 Å². The highest BCUT2D eigenvalue weighted by Crippen LogP contribution is 2.44. The number of amides is 1. The Hall–Kier alpha value is -4.42. The van der Waals surface area contributed by atoms with Crippen molar-refractivity contribution in [1.29, 1.82) is 0 Å². The number of carbonyl (C=O) groups is 2. The first-order valence-corrected chi connectivity index (χ1v) is 13.8. The number of nitro groups is 1. The second-order valence-electron chi connectivity index (χ2n) is 9.07. The van der Waals surface area contributed by atoms with Crippen LogP contribution in [0.4, 0.5) is 15.2 Å². The Morgan fingerprint density at radius 3 is 2.52 bits per heavy atom. The predicted molar refractivity (Wildman–Crippen MR) is 150 cm³/mol. The summed E-state index contributed by atoms with van der Waals surface area (Å²) in [5, 5.41) is 31.0. The molecule has 0 spiro atoms. The zero-order valence-electron chi connectivity index (χ0n) is 21.2. The van der Waals surface area contributed by atoms with E-state index in [9.17, 15) is 29.2 Å². The van der Waals surface area contributed by atoms with E-state index in [2.05, 4.69) is 10.2 Å². The van der Waals surface area contributed by atoms with Crippen LogP contribution in [0.25, 0.3) is 5.76 Å². The summed E-state index contributed by atoms with van der Waals surface area (Å²) in [6.45, 7) is 3.61. The van der Waals surface area contributed by atoms with Crippen molar-refractivity contribution in [1.82, 2.24) is 10.2 Å². The number of Topliss-reactive ketones (excluding diaryl/α,β-unsaturated/α-hetero) is 1. The molecule has 1 amide bonds. The Balaban J connectivity index is 1.58. The maximum atomic E-state index is 14.1. The van der Waals surface area contributed by atoms with Gasteiger partial charge < -0.3 is 5.11 Å². The number of aliphatic hydroxyl groups excluding tert-OH is 1. The number of hydrogen-bond acceptors (Lipinski definition) is 9. The number of ketones is 1. The predicted octanol–water partition coefficient (Wildman–Crippen LogP) is 6.12. The second-order valence-corrected chi connectivity index (χ2v) is 11.2. The monoisotopic (exact) mass is 576 g/mol. The normalized spacial score (nSPS) is 16.5. The van der Waals surface area contributed by atoms with Gasteiger partial charge in [0.2, 0.25) is 5.13 Å². The van der Waals surface area contributed by atoms with Gasteiger partial charge in [-0.15, -0.1) is 10.2 Å². The van der Waals surface area contributed by atoms with Gasteiger partial charge in [0.15, 0.2) is 4.34 Å². The molecule has 1 aromatic heterocycles. The third kappa shape index (κ3) is 5.10. The number of benzene rings is 3. The molecule has 1 unspecified atom stereocenters. The smallest absolute Gasteiger partial charge is 0.301 e. The highest BCUT2D eigenvalue weighted by Gasteiger charge is 2.48. The summed E-state index contributed by atoms with van der Waals surface area (Å²) in [5.74, 6) is -2.27. The molecule has 0 bridgehead atoms. The quantitative estimate of drug-likeness (QED) is 0.0530.